The minimum Gasteiger partial charge on any atom is -0.550 e. The van der Waals surface area contributed by atoms with Gasteiger partial charge in [0.1, 0.15) is 6.10 Å². The molecule has 0 amide bonds. The molecule has 0 aliphatic carbocycles. The first-order valence-electron chi connectivity index (χ1n) is 27.8. The fraction of sp³-hybridized carbons (Fsp3) is 0.842. The minimum absolute atomic E-state index is 0. The van der Waals surface area contributed by atoms with E-state index in [-0.39, 0.29) is 205 Å². The number of aliphatic hydroxyl groups is 6. The standard InChI is InChI=1S/3C18H34O3.C3H8O3.3K/c3*1-2-3-4-11-14-17(19)15-12-9-7-5-6-8-10-13-16-18(20)21;4-1-3(6)2-5;;;/h3*9,12,17,19H,2-8,10-11,13-16H2,1H3,(H,20,21);3-6H,1-2H2;;;/q;;;;3*+1/p-3. The van der Waals surface area contributed by atoms with Gasteiger partial charge in [0.2, 0.25) is 0 Å². The van der Waals surface area contributed by atoms with Gasteiger partial charge >= 0.3 is 154 Å². The van der Waals surface area contributed by atoms with Gasteiger partial charge in [-0.1, -0.05) is 192 Å². The number of hydrogen-bond acceptors (Lipinski definition) is 12. The van der Waals surface area contributed by atoms with Crippen LogP contribution in [0, 0.1) is 0 Å². The van der Waals surface area contributed by atoms with Crippen molar-refractivity contribution in [3.63, 3.8) is 0 Å². The number of carboxylic acids is 3. The fourth-order valence-corrected chi connectivity index (χ4v) is 7.13. The quantitative estimate of drug-likeness (QED) is 0.0279. The normalized spacial score (nSPS) is 12.1. The van der Waals surface area contributed by atoms with Crippen LogP contribution < -0.4 is 169 Å². The summed E-state index contributed by atoms with van der Waals surface area (Å²) in [6.07, 6.45) is 50.1. The van der Waals surface area contributed by atoms with Gasteiger partial charge < -0.3 is 60.3 Å². The number of carbonyl (C=O) groups excluding carboxylic acids is 3. The first-order valence-corrected chi connectivity index (χ1v) is 27.8. The summed E-state index contributed by atoms with van der Waals surface area (Å²) in [6, 6.07) is 0. The molecule has 0 heterocycles. The molecule has 0 bridgehead atoms. The molecule has 3 unspecified atom stereocenters. The van der Waals surface area contributed by atoms with Crippen LogP contribution in [0.1, 0.15) is 271 Å². The third-order valence-electron chi connectivity index (χ3n) is 11.6. The van der Waals surface area contributed by atoms with Crippen LogP contribution >= 0.6 is 0 Å². The van der Waals surface area contributed by atoms with E-state index in [9.17, 15) is 45.0 Å². The van der Waals surface area contributed by atoms with Gasteiger partial charge in [0.05, 0.1) is 31.5 Å². The predicted molar refractivity (Wildman–Crippen MR) is 278 cm³/mol. The molecule has 0 aliphatic rings. The molecule has 6 N–H and O–H groups in total. The van der Waals surface area contributed by atoms with Crippen molar-refractivity contribution in [1.82, 2.24) is 0 Å². The molecule has 12 nitrogen and oxygen atoms in total. The molecule has 0 aromatic heterocycles. The summed E-state index contributed by atoms with van der Waals surface area (Å²) >= 11 is 0. The first-order chi connectivity index (χ1) is 33.3. The van der Waals surface area contributed by atoms with Crippen LogP contribution in [0.25, 0.3) is 0 Å². The molecule has 0 radical (unpaired) electrons. The van der Waals surface area contributed by atoms with E-state index in [0.717, 1.165) is 173 Å². The van der Waals surface area contributed by atoms with Gasteiger partial charge in [-0.15, -0.1) is 0 Å². The Labute approximate surface area is 569 Å². The molecule has 0 rings (SSSR count). The van der Waals surface area contributed by atoms with Crippen LogP contribution in [-0.4, -0.2) is 86.2 Å². The van der Waals surface area contributed by atoms with E-state index in [1.807, 2.05) is 0 Å². The number of allylic oxidation sites excluding steroid dienone is 3. The molecule has 0 aliphatic heterocycles. The number of aliphatic hydroxyl groups excluding tert-OH is 6. The van der Waals surface area contributed by atoms with Crippen LogP contribution in [-0.2, 0) is 14.4 Å². The summed E-state index contributed by atoms with van der Waals surface area (Å²) in [7, 11) is 0. The summed E-state index contributed by atoms with van der Waals surface area (Å²) in [5.74, 6) is -2.82. The second-order valence-corrected chi connectivity index (χ2v) is 18.7. The van der Waals surface area contributed by atoms with E-state index in [0.29, 0.717) is 0 Å². The minimum atomic E-state index is -0.954. The number of aliphatic carboxylic acids is 3. The molecular weight excluding hydrogens is 994 g/mol. The molecule has 15 heteroatoms. The van der Waals surface area contributed by atoms with Crippen molar-refractivity contribution in [2.24, 2.45) is 0 Å². The van der Waals surface area contributed by atoms with E-state index in [1.165, 1.54) is 57.8 Å². The Kier molecular flexibility index (Phi) is 94.9. The van der Waals surface area contributed by atoms with Gasteiger partial charge in [0.25, 0.3) is 0 Å². The number of carbonyl (C=O) groups is 3. The molecular formula is C57H107K3O12. The van der Waals surface area contributed by atoms with E-state index < -0.39 is 24.0 Å². The van der Waals surface area contributed by atoms with Gasteiger partial charge in [-0.05, 0) is 116 Å². The number of hydrogen-bond donors (Lipinski definition) is 6. The first kappa shape index (κ1) is 88.1. The van der Waals surface area contributed by atoms with Gasteiger partial charge in [-0.25, -0.2) is 0 Å². The molecule has 410 valence electrons. The molecule has 0 saturated carbocycles. The predicted octanol–water partition coefficient (Wildman–Crippen LogP) is 0.578. The number of carboxylic acid groups (broad SMARTS) is 3. The summed E-state index contributed by atoms with van der Waals surface area (Å²) in [5, 5.41) is 84.0. The second kappa shape index (κ2) is 77.5. The summed E-state index contributed by atoms with van der Waals surface area (Å²) in [5.41, 5.74) is 0. The summed E-state index contributed by atoms with van der Waals surface area (Å²) in [6.45, 7) is 5.86. The maximum Gasteiger partial charge on any atom is 1.00 e. The van der Waals surface area contributed by atoms with Gasteiger partial charge in [-0.2, -0.15) is 0 Å². The average molecular weight is 1100 g/mol. The van der Waals surface area contributed by atoms with Crippen LogP contribution in [0.5, 0.6) is 0 Å². The Morgan fingerprint density at radius 2 is 0.556 bits per heavy atom. The van der Waals surface area contributed by atoms with Crippen molar-refractivity contribution < 1.29 is 214 Å². The van der Waals surface area contributed by atoms with E-state index in [1.54, 1.807) is 0 Å². The van der Waals surface area contributed by atoms with Gasteiger partial charge in [0.15, 0.2) is 0 Å². The number of unbranched alkanes of at least 4 members (excludes halogenated alkanes) is 24. The van der Waals surface area contributed by atoms with Crippen LogP contribution in [0.3, 0.4) is 0 Å². The van der Waals surface area contributed by atoms with Crippen LogP contribution in [0.2, 0.25) is 0 Å². The van der Waals surface area contributed by atoms with E-state index in [4.69, 9.17) is 15.3 Å². The molecule has 0 aromatic carbocycles. The zero-order valence-corrected chi connectivity index (χ0v) is 56.8. The Hall–Kier alpha value is 2.30. The van der Waals surface area contributed by atoms with Crippen molar-refractivity contribution in [3.05, 3.63) is 36.5 Å². The van der Waals surface area contributed by atoms with Crippen molar-refractivity contribution in [2.45, 2.75) is 296 Å². The summed E-state index contributed by atoms with van der Waals surface area (Å²) in [4.78, 5) is 30.7. The summed E-state index contributed by atoms with van der Waals surface area (Å²) < 4.78 is 0. The van der Waals surface area contributed by atoms with Crippen molar-refractivity contribution in [1.29, 1.82) is 0 Å². The Morgan fingerprint density at radius 3 is 0.764 bits per heavy atom. The molecule has 0 fully saturated rings. The van der Waals surface area contributed by atoms with Crippen molar-refractivity contribution in [2.75, 3.05) is 13.2 Å². The Balaban J connectivity index is -0.000000163. The molecule has 72 heavy (non-hydrogen) atoms. The maximum atomic E-state index is 10.2. The van der Waals surface area contributed by atoms with Crippen LogP contribution in [0.15, 0.2) is 36.5 Å². The van der Waals surface area contributed by atoms with Crippen LogP contribution in [0.4, 0.5) is 0 Å². The van der Waals surface area contributed by atoms with Gasteiger partial charge in [0, 0.05) is 17.9 Å². The van der Waals surface area contributed by atoms with Crippen molar-refractivity contribution >= 4 is 17.9 Å². The fourth-order valence-electron chi connectivity index (χ4n) is 7.13. The maximum absolute atomic E-state index is 10.2. The SMILES string of the molecule is CCCCCCC(O)CC=CCCCCCCCC(=O)[O-].CCCCCCC(O)CC=CCCCCCCCC(=O)[O-].CCCCCCC(O)CC=CCCCCCCCC(=O)[O-].OCC(O)CO.[K+].[K+].[K+]. The Morgan fingerprint density at radius 1 is 0.333 bits per heavy atom. The molecule has 0 saturated heterocycles. The topological polar surface area (TPSA) is 242 Å². The Bertz CT molecular complexity index is 1010. The second-order valence-electron chi connectivity index (χ2n) is 18.7. The third kappa shape index (κ3) is 91.7. The van der Waals surface area contributed by atoms with E-state index >= 15 is 0 Å². The third-order valence-corrected chi connectivity index (χ3v) is 11.6. The molecule has 0 spiro atoms. The van der Waals surface area contributed by atoms with Crippen molar-refractivity contribution in [3.8, 4) is 0 Å². The zero-order chi connectivity index (χ0) is 52.3. The molecule has 3 atom stereocenters. The van der Waals surface area contributed by atoms with Gasteiger partial charge in [-0.3, -0.25) is 0 Å². The van der Waals surface area contributed by atoms with E-state index in [2.05, 4.69) is 57.2 Å². The smallest absolute Gasteiger partial charge is 0.550 e. The number of rotatable bonds is 47. The molecule has 0 aromatic rings. The average Bonchev–Trinajstić information content (AvgIpc) is 3.32. The largest absolute Gasteiger partial charge is 1.00 e. The monoisotopic (exact) mass is 1100 g/mol. The zero-order valence-electron chi connectivity index (χ0n) is 47.4.